The average molecular weight is 222 g/mol. The fraction of sp³-hybridized carbons (Fsp3) is 0.385. The van der Waals surface area contributed by atoms with Crippen molar-refractivity contribution < 1.29 is 0 Å². The van der Waals surface area contributed by atoms with Gasteiger partial charge in [0.05, 0.1) is 0 Å². The van der Waals surface area contributed by atoms with Crippen LogP contribution in [-0.4, -0.2) is 7.05 Å². The molecule has 0 aliphatic carbocycles. The number of hydrogen-bond donors (Lipinski definition) is 1. The summed E-state index contributed by atoms with van der Waals surface area (Å²) in [5.74, 6) is 5.97. The molecule has 1 unspecified atom stereocenters. The van der Waals surface area contributed by atoms with Gasteiger partial charge in [-0.05, 0) is 32.0 Å². The first kappa shape index (κ1) is 12.1. The summed E-state index contributed by atoms with van der Waals surface area (Å²) in [5, 5.41) is 4.09. The molecule has 0 fully saturated rings. The molecule has 80 valence electrons. The Labute approximate surface area is 96.8 Å². The van der Waals surface area contributed by atoms with E-state index < -0.39 is 0 Å². The molecule has 1 aromatic rings. The second-order valence-electron chi connectivity index (χ2n) is 3.33. The second kappa shape index (κ2) is 6.50. The van der Waals surface area contributed by atoms with Gasteiger partial charge in [-0.15, -0.1) is 11.8 Å². The highest BCUT2D eigenvalue weighted by Gasteiger charge is 2.10. The van der Waals surface area contributed by atoms with Gasteiger partial charge in [-0.25, -0.2) is 0 Å². The van der Waals surface area contributed by atoms with Gasteiger partial charge >= 0.3 is 0 Å². The van der Waals surface area contributed by atoms with Crippen LogP contribution in [0.5, 0.6) is 0 Å². The molecule has 0 aromatic heterocycles. The monoisotopic (exact) mass is 221 g/mol. The lowest BCUT2D eigenvalue weighted by atomic mass is 10.0. The van der Waals surface area contributed by atoms with Gasteiger partial charge in [-0.2, -0.15) is 0 Å². The number of rotatable bonds is 4. The fourth-order valence-corrected chi connectivity index (χ4v) is 1.82. The maximum Gasteiger partial charge on any atom is 0.0453 e. The summed E-state index contributed by atoms with van der Waals surface area (Å²) >= 11 is 6.13. The van der Waals surface area contributed by atoms with Crippen molar-refractivity contribution in [2.24, 2.45) is 0 Å². The van der Waals surface area contributed by atoms with Crippen molar-refractivity contribution in [2.45, 2.75) is 25.8 Å². The van der Waals surface area contributed by atoms with Crippen LogP contribution >= 0.6 is 11.6 Å². The van der Waals surface area contributed by atoms with Crippen molar-refractivity contribution in [3.05, 3.63) is 34.9 Å². The van der Waals surface area contributed by atoms with E-state index in [1.807, 2.05) is 32.2 Å². The first-order valence-electron chi connectivity index (χ1n) is 5.11. The van der Waals surface area contributed by atoms with Crippen LogP contribution in [0.2, 0.25) is 5.02 Å². The van der Waals surface area contributed by atoms with Gasteiger partial charge in [0.15, 0.2) is 0 Å². The summed E-state index contributed by atoms with van der Waals surface area (Å²) in [6.07, 6.45) is 1.88. The Bertz CT molecular complexity index is 362. The van der Waals surface area contributed by atoms with Crippen LogP contribution in [-0.2, 0) is 0 Å². The fourth-order valence-electron chi connectivity index (χ4n) is 1.55. The van der Waals surface area contributed by atoms with Gasteiger partial charge in [-0.3, -0.25) is 0 Å². The zero-order valence-electron chi connectivity index (χ0n) is 9.18. The molecule has 0 aliphatic rings. The molecular formula is C13H16ClN. The van der Waals surface area contributed by atoms with Crippen molar-refractivity contribution in [3.8, 4) is 11.8 Å². The maximum atomic E-state index is 6.13. The van der Waals surface area contributed by atoms with Crippen molar-refractivity contribution in [2.75, 3.05) is 7.05 Å². The van der Waals surface area contributed by atoms with Crippen LogP contribution in [0.3, 0.4) is 0 Å². The molecule has 15 heavy (non-hydrogen) atoms. The largest absolute Gasteiger partial charge is 0.313 e. The molecule has 0 aliphatic heterocycles. The molecule has 0 amide bonds. The quantitative estimate of drug-likeness (QED) is 0.769. The number of benzene rings is 1. The summed E-state index contributed by atoms with van der Waals surface area (Å²) in [6, 6.07) is 8.23. The normalized spacial score (nSPS) is 11.7. The lowest BCUT2D eigenvalue weighted by Crippen LogP contribution is -2.16. The SMILES string of the molecule is CC#CCCC(NC)c1ccccc1Cl. The van der Waals surface area contributed by atoms with Crippen LogP contribution in [0.25, 0.3) is 0 Å². The Morgan fingerprint density at radius 3 is 2.73 bits per heavy atom. The van der Waals surface area contributed by atoms with Gasteiger partial charge in [0.25, 0.3) is 0 Å². The molecule has 2 heteroatoms. The van der Waals surface area contributed by atoms with Crippen molar-refractivity contribution in [3.63, 3.8) is 0 Å². The zero-order chi connectivity index (χ0) is 11.1. The van der Waals surface area contributed by atoms with Gasteiger partial charge in [0.1, 0.15) is 0 Å². The molecule has 0 heterocycles. The third kappa shape index (κ3) is 3.58. The molecular weight excluding hydrogens is 206 g/mol. The minimum absolute atomic E-state index is 0.291. The van der Waals surface area contributed by atoms with E-state index in [9.17, 15) is 0 Å². The van der Waals surface area contributed by atoms with Crippen LogP contribution in [0, 0.1) is 11.8 Å². The van der Waals surface area contributed by atoms with Crippen LogP contribution < -0.4 is 5.32 Å². The summed E-state index contributed by atoms with van der Waals surface area (Å²) in [4.78, 5) is 0. The topological polar surface area (TPSA) is 12.0 Å². The molecule has 0 spiro atoms. The minimum atomic E-state index is 0.291. The first-order chi connectivity index (χ1) is 7.29. The number of hydrogen-bond acceptors (Lipinski definition) is 1. The van der Waals surface area contributed by atoms with Crippen LogP contribution in [0.1, 0.15) is 31.4 Å². The molecule has 1 atom stereocenters. The summed E-state index contributed by atoms with van der Waals surface area (Å²) in [7, 11) is 1.95. The minimum Gasteiger partial charge on any atom is -0.313 e. The highest BCUT2D eigenvalue weighted by Crippen LogP contribution is 2.25. The second-order valence-corrected chi connectivity index (χ2v) is 3.74. The van der Waals surface area contributed by atoms with E-state index in [1.165, 1.54) is 0 Å². The first-order valence-corrected chi connectivity index (χ1v) is 5.48. The van der Waals surface area contributed by atoms with E-state index in [0.29, 0.717) is 6.04 Å². The zero-order valence-corrected chi connectivity index (χ0v) is 9.93. The molecule has 0 radical (unpaired) electrons. The molecule has 1 rings (SSSR count). The third-order valence-electron chi connectivity index (χ3n) is 2.36. The standard InChI is InChI=1S/C13H16ClN/c1-3-4-5-10-13(15-2)11-8-6-7-9-12(11)14/h6-9,13,15H,5,10H2,1-2H3. The lowest BCUT2D eigenvalue weighted by Gasteiger charge is -2.16. The van der Waals surface area contributed by atoms with Gasteiger partial charge in [0, 0.05) is 17.5 Å². The van der Waals surface area contributed by atoms with E-state index in [4.69, 9.17) is 11.6 Å². The van der Waals surface area contributed by atoms with E-state index in [2.05, 4.69) is 23.2 Å². The number of halogens is 1. The number of nitrogens with one attached hydrogen (secondary N) is 1. The van der Waals surface area contributed by atoms with Gasteiger partial charge in [-0.1, -0.05) is 29.8 Å². The summed E-state index contributed by atoms with van der Waals surface area (Å²) in [6.45, 7) is 1.86. The highest BCUT2D eigenvalue weighted by atomic mass is 35.5. The Morgan fingerprint density at radius 1 is 1.40 bits per heavy atom. The third-order valence-corrected chi connectivity index (χ3v) is 2.71. The predicted molar refractivity (Wildman–Crippen MR) is 65.9 cm³/mol. The Balaban J connectivity index is 2.72. The van der Waals surface area contributed by atoms with Crippen LogP contribution in [0.15, 0.2) is 24.3 Å². The maximum absolute atomic E-state index is 6.13. The van der Waals surface area contributed by atoms with Crippen molar-refractivity contribution in [1.82, 2.24) is 5.32 Å². The molecule has 1 aromatic carbocycles. The molecule has 0 saturated carbocycles. The Morgan fingerprint density at radius 2 is 2.13 bits per heavy atom. The van der Waals surface area contributed by atoms with E-state index in [1.54, 1.807) is 0 Å². The summed E-state index contributed by atoms with van der Waals surface area (Å²) in [5.41, 5.74) is 1.15. The highest BCUT2D eigenvalue weighted by molar-refractivity contribution is 6.31. The Hall–Kier alpha value is -0.970. The lowest BCUT2D eigenvalue weighted by molar-refractivity contribution is 0.558. The molecule has 1 N–H and O–H groups in total. The van der Waals surface area contributed by atoms with Gasteiger partial charge < -0.3 is 5.32 Å². The molecule has 0 bridgehead atoms. The van der Waals surface area contributed by atoms with E-state index in [0.717, 1.165) is 23.4 Å². The molecule has 0 saturated heterocycles. The van der Waals surface area contributed by atoms with Crippen LogP contribution in [0.4, 0.5) is 0 Å². The van der Waals surface area contributed by atoms with E-state index in [-0.39, 0.29) is 0 Å². The van der Waals surface area contributed by atoms with Gasteiger partial charge in [0.2, 0.25) is 0 Å². The van der Waals surface area contributed by atoms with E-state index >= 15 is 0 Å². The van der Waals surface area contributed by atoms with Crippen molar-refractivity contribution in [1.29, 1.82) is 0 Å². The summed E-state index contributed by atoms with van der Waals surface area (Å²) < 4.78 is 0. The average Bonchev–Trinajstić information content (AvgIpc) is 2.26. The smallest absolute Gasteiger partial charge is 0.0453 e. The Kier molecular flexibility index (Phi) is 5.25. The molecule has 1 nitrogen and oxygen atoms in total. The van der Waals surface area contributed by atoms with Crippen molar-refractivity contribution >= 4 is 11.6 Å². The predicted octanol–water partition coefficient (Wildman–Crippen LogP) is 3.40.